The van der Waals surface area contributed by atoms with Crippen LogP contribution in [0.3, 0.4) is 0 Å². The number of anilines is 1. The summed E-state index contributed by atoms with van der Waals surface area (Å²) in [6.45, 7) is 2.39. The van der Waals surface area contributed by atoms with Crippen molar-refractivity contribution in [3.05, 3.63) is 42.0 Å². The zero-order valence-electron chi connectivity index (χ0n) is 11.7. The van der Waals surface area contributed by atoms with Crippen molar-refractivity contribution in [2.75, 3.05) is 11.9 Å². The van der Waals surface area contributed by atoms with Gasteiger partial charge in [0, 0.05) is 17.8 Å². The van der Waals surface area contributed by atoms with E-state index in [2.05, 4.69) is 5.32 Å². The lowest BCUT2D eigenvalue weighted by Gasteiger charge is -2.05. The van der Waals surface area contributed by atoms with Gasteiger partial charge in [-0.15, -0.1) is 0 Å². The van der Waals surface area contributed by atoms with Crippen LogP contribution in [0.2, 0.25) is 0 Å². The van der Waals surface area contributed by atoms with Gasteiger partial charge in [0.05, 0.1) is 12.2 Å². The minimum absolute atomic E-state index is 0.383. The molecule has 6 heteroatoms. The van der Waals surface area contributed by atoms with Gasteiger partial charge in [-0.05, 0) is 30.7 Å². The molecule has 0 bridgehead atoms. The predicted molar refractivity (Wildman–Crippen MR) is 77.0 cm³/mol. The zero-order valence-corrected chi connectivity index (χ0v) is 11.7. The van der Waals surface area contributed by atoms with Crippen molar-refractivity contribution >= 4 is 23.5 Å². The molecule has 0 atom stereocenters. The summed E-state index contributed by atoms with van der Waals surface area (Å²) in [6, 6.07) is 6.15. The van der Waals surface area contributed by atoms with Crippen molar-refractivity contribution < 1.29 is 24.2 Å². The fourth-order valence-corrected chi connectivity index (χ4v) is 1.41. The molecular weight excluding hydrogens is 274 g/mol. The van der Waals surface area contributed by atoms with Crippen LogP contribution in [0.5, 0.6) is 0 Å². The lowest BCUT2D eigenvalue weighted by Crippen LogP contribution is -2.10. The maximum Gasteiger partial charge on any atom is 0.338 e. The highest BCUT2D eigenvalue weighted by atomic mass is 16.5. The second-order valence-corrected chi connectivity index (χ2v) is 4.23. The second kappa shape index (κ2) is 8.52. The van der Waals surface area contributed by atoms with Crippen LogP contribution in [-0.2, 0) is 14.3 Å². The number of nitrogens with one attached hydrogen (secondary N) is 1. The van der Waals surface area contributed by atoms with Crippen LogP contribution in [-0.4, -0.2) is 29.6 Å². The molecular formula is C15H17NO5. The van der Waals surface area contributed by atoms with Gasteiger partial charge in [-0.1, -0.05) is 13.3 Å². The molecule has 0 aliphatic rings. The normalized spacial score (nSPS) is 10.3. The number of aliphatic carboxylic acids is 1. The molecule has 1 rings (SSSR count). The highest BCUT2D eigenvalue weighted by molar-refractivity contribution is 6.02. The molecule has 1 aromatic rings. The molecule has 0 heterocycles. The number of unbranched alkanes of at least 4 members (excludes halogenated alkanes) is 1. The molecule has 0 aliphatic heterocycles. The largest absolute Gasteiger partial charge is 0.478 e. The quantitative estimate of drug-likeness (QED) is 0.456. The van der Waals surface area contributed by atoms with E-state index >= 15 is 0 Å². The molecule has 1 aromatic carbocycles. The molecule has 0 radical (unpaired) electrons. The van der Waals surface area contributed by atoms with Gasteiger partial charge in [0.1, 0.15) is 0 Å². The molecule has 2 N–H and O–H groups in total. The third-order valence-corrected chi connectivity index (χ3v) is 2.50. The van der Waals surface area contributed by atoms with Crippen molar-refractivity contribution in [1.29, 1.82) is 0 Å². The minimum Gasteiger partial charge on any atom is -0.478 e. The first-order valence-electron chi connectivity index (χ1n) is 6.52. The third-order valence-electron chi connectivity index (χ3n) is 2.50. The van der Waals surface area contributed by atoms with Crippen LogP contribution in [0, 0.1) is 0 Å². The Hall–Kier alpha value is -2.63. The number of carbonyl (C=O) groups is 3. The monoisotopic (exact) mass is 291 g/mol. The Morgan fingerprint density at radius 1 is 1.19 bits per heavy atom. The van der Waals surface area contributed by atoms with Crippen LogP contribution in [0.25, 0.3) is 0 Å². The summed E-state index contributed by atoms with van der Waals surface area (Å²) in [6.07, 6.45) is 3.42. The molecule has 0 aliphatic carbocycles. The third kappa shape index (κ3) is 6.38. The summed E-state index contributed by atoms with van der Waals surface area (Å²) in [7, 11) is 0. The van der Waals surface area contributed by atoms with Gasteiger partial charge in [-0.2, -0.15) is 0 Å². The van der Waals surface area contributed by atoms with Crippen LogP contribution in [0.15, 0.2) is 36.4 Å². The van der Waals surface area contributed by atoms with Crippen LogP contribution >= 0.6 is 0 Å². The lowest BCUT2D eigenvalue weighted by molar-refractivity contribution is -0.131. The Bertz CT molecular complexity index is 533. The van der Waals surface area contributed by atoms with Gasteiger partial charge < -0.3 is 15.2 Å². The summed E-state index contributed by atoms with van der Waals surface area (Å²) >= 11 is 0. The number of carbonyl (C=O) groups excluding carboxylic acids is 2. The van der Waals surface area contributed by atoms with E-state index in [1.807, 2.05) is 6.92 Å². The van der Waals surface area contributed by atoms with E-state index < -0.39 is 17.8 Å². The molecule has 112 valence electrons. The maximum absolute atomic E-state index is 11.6. The highest BCUT2D eigenvalue weighted by Crippen LogP contribution is 2.11. The van der Waals surface area contributed by atoms with Gasteiger partial charge in [-0.25, -0.2) is 9.59 Å². The Morgan fingerprint density at radius 2 is 1.86 bits per heavy atom. The number of carboxylic acids is 1. The number of amides is 1. The van der Waals surface area contributed by atoms with Gasteiger partial charge in [0.25, 0.3) is 0 Å². The van der Waals surface area contributed by atoms with Crippen molar-refractivity contribution in [3.63, 3.8) is 0 Å². The summed E-state index contributed by atoms with van der Waals surface area (Å²) in [5, 5.41) is 10.9. The molecule has 0 aromatic heterocycles. The molecule has 1 amide bonds. The van der Waals surface area contributed by atoms with E-state index in [1.54, 1.807) is 12.1 Å². The van der Waals surface area contributed by atoms with E-state index in [9.17, 15) is 14.4 Å². The molecule has 21 heavy (non-hydrogen) atoms. The molecule has 0 saturated heterocycles. The van der Waals surface area contributed by atoms with E-state index in [1.165, 1.54) is 12.1 Å². The van der Waals surface area contributed by atoms with E-state index in [4.69, 9.17) is 9.84 Å². The van der Waals surface area contributed by atoms with Gasteiger partial charge in [0.2, 0.25) is 5.91 Å². The lowest BCUT2D eigenvalue weighted by atomic mass is 10.2. The first-order chi connectivity index (χ1) is 10.0. The molecule has 0 spiro atoms. The van der Waals surface area contributed by atoms with Crippen LogP contribution < -0.4 is 5.32 Å². The van der Waals surface area contributed by atoms with E-state index in [0.29, 0.717) is 17.9 Å². The predicted octanol–water partition coefficient (Wildman–Crippen LogP) is 2.22. The minimum atomic E-state index is -1.20. The standard InChI is InChI=1S/C15H17NO5/c1-2-3-10-21-15(20)11-4-6-12(7-5-11)16-13(17)8-9-14(18)19/h4-9H,2-3,10H2,1H3,(H,16,17)(H,18,19)/b9-8+. The molecule has 0 unspecified atom stereocenters. The fraction of sp³-hybridized carbons (Fsp3) is 0.267. The highest BCUT2D eigenvalue weighted by Gasteiger charge is 2.07. The number of rotatable bonds is 7. The number of benzene rings is 1. The number of carboxylic acid groups (broad SMARTS) is 1. The van der Waals surface area contributed by atoms with Gasteiger partial charge >= 0.3 is 11.9 Å². The number of hydrogen-bond acceptors (Lipinski definition) is 4. The molecule has 6 nitrogen and oxygen atoms in total. The molecule has 0 fully saturated rings. The number of hydrogen-bond donors (Lipinski definition) is 2. The Labute approximate surface area is 122 Å². The van der Waals surface area contributed by atoms with Gasteiger partial charge in [0.15, 0.2) is 0 Å². The SMILES string of the molecule is CCCCOC(=O)c1ccc(NC(=O)/C=C/C(=O)O)cc1. The Balaban J connectivity index is 2.55. The van der Waals surface area contributed by atoms with Crippen LogP contribution in [0.4, 0.5) is 5.69 Å². The van der Waals surface area contributed by atoms with Crippen LogP contribution in [0.1, 0.15) is 30.1 Å². The number of ether oxygens (including phenoxy) is 1. The van der Waals surface area contributed by atoms with E-state index in [0.717, 1.165) is 25.0 Å². The summed E-state index contributed by atoms with van der Waals surface area (Å²) < 4.78 is 5.05. The Morgan fingerprint density at radius 3 is 2.43 bits per heavy atom. The van der Waals surface area contributed by atoms with Crippen molar-refractivity contribution in [2.24, 2.45) is 0 Å². The maximum atomic E-state index is 11.6. The average molecular weight is 291 g/mol. The Kier molecular flexibility index (Phi) is 6.67. The fourth-order valence-electron chi connectivity index (χ4n) is 1.41. The van der Waals surface area contributed by atoms with Crippen molar-refractivity contribution in [3.8, 4) is 0 Å². The zero-order chi connectivity index (χ0) is 15.7. The summed E-state index contributed by atoms with van der Waals surface area (Å²) in [5.74, 6) is -2.17. The smallest absolute Gasteiger partial charge is 0.338 e. The molecule has 0 saturated carbocycles. The first kappa shape index (κ1) is 16.4. The van der Waals surface area contributed by atoms with Gasteiger partial charge in [-0.3, -0.25) is 4.79 Å². The van der Waals surface area contributed by atoms with E-state index in [-0.39, 0.29) is 0 Å². The van der Waals surface area contributed by atoms with Crippen molar-refractivity contribution in [2.45, 2.75) is 19.8 Å². The summed E-state index contributed by atoms with van der Waals surface area (Å²) in [4.78, 5) is 33.3. The first-order valence-corrected chi connectivity index (χ1v) is 6.52. The summed E-state index contributed by atoms with van der Waals surface area (Å²) in [5.41, 5.74) is 0.852. The second-order valence-electron chi connectivity index (χ2n) is 4.23. The number of esters is 1. The topological polar surface area (TPSA) is 92.7 Å². The average Bonchev–Trinajstić information content (AvgIpc) is 2.46. The van der Waals surface area contributed by atoms with Crippen molar-refractivity contribution in [1.82, 2.24) is 0 Å².